The van der Waals surface area contributed by atoms with Crippen LogP contribution in [0.2, 0.25) is 0 Å². The molecule has 0 saturated carbocycles. The van der Waals surface area contributed by atoms with E-state index in [0.29, 0.717) is 5.91 Å². The first-order chi connectivity index (χ1) is 17.6. The first-order valence-electron chi connectivity index (χ1n) is 13.4. The molecule has 2 fully saturated rings. The van der Waals surface area contributed by atoms with Gasteiger partial charge >= 0.3 is 0 Å². The average molecular weight is 490 g/mol. The van der Waals surface area contributed by atoms with Crippen molar-refractivity contribution in [2.75, 3.05) is 52.9 Å². The molecule has 2 aliphatic heterocycles. The van der Waals surface area contributed by atoms with Crippen LogP contribution in [0.15, 0.2) is 48.5 Å². The summed E-state index contributed by atoms with van der Waals surface area (Å²) in [5.41, 5.74) is 3.39. The van der Waals surface area contributed by atoms with Crippen molar-refractivity contribution in [3.8, 4) is 5.75 Å². The number of piperazine rings is 1. The predicted octanol–water partition coefficient (Wildman–Crippen LogP) is 3.86. The minimum atomic E-state index is 0.0934. The van der Waals surface area contributed by atoms with Gasteiger partial charge in [-0.15, -0.1) is 0 Å². The number of nitrogens with zero attached hydrogens (tertiary/aromatic N) is 5. The van der Waals surface area contributed by atoms with Crippen molar-refractivity contribution in [3.05, 3.63) is 59.9 Å². The monoisotopic (exact) mass is 489 g/mol. The smallest absolute Gasteiger partial charge is 0.227 e. The molecule has 7 nitrogen and oxygen atoms in total. The standard InChI is InChI=1S/C29H39N5O2/c1-3-14-31-16-18-33(19-17-31)29(35)24-7-6-15-32(21-24)22-28-30-26-8-4-5-9-27(26)34(28)20-23-10-12-25(36-2)13-11-23/h4-5,8-13,24H,3,6-7,14-22H2,1-2H3/t24-/m0/s1. The molecule has 1 atom stereocenters. The fourth-order valence-corrected chi connectivity index (χ4v) is 5.70. The molecule has 0 bridgehead atoms. The molecular weight excluding hydrogens is 450 g/mol. The number of hydrogen-bond donors (Lipinski definition) is 0. The summed E-state index contributed by atoms with van der Waals surface area (Å²) in [7, 11) is 1.69. The Morgan fingerprint density at radius 3 is 2.50 bits per heavy atom. The third kappa shape index (κ3) is 5.57. The van der Waals surface area contributed by atoms with Crippen LogP contribution in [0.4, 0.5) is 0 Å². The number of rotatable bonds is 8. The van der Waals surface area contributed by atoms with E-state index in [-0.39, 0.29) is 5.92 Å². The molecule has 2 saturated heterocycles. The largest absolute Gasteiger partial charge is 0.497 e. The van der Waals surface area contributed by atoms with E-state index in [2.05, 4.69) is 56.5 Å². The number of carbonyl (C=O) groups is 1. The Kier molecular flexibility index (Phi) is 7.87. The van der Waals surface area contributed by atoms with Crippen molar-refractivity contribution < 1.29 is 9.53 Å². The molecule has 7 heteroatoms. The summed E-state index contributed by atoms with van der Waals surface area (Å²) < 4.78 is 7.66. The van der Waals surface area contributed by atoms with E-state index in [9.17, 15) is 4.79 Å². The Labute approximate surface area is 214 Å². The lowest BCUT2D eigenvalue weighted by Crippen LogP contribution is -2.52. The van der Waals surface area contributed by atoms with Crippen molar-refractivity contribution in [2.45, 2.75) is 39.3 Å². The fourth-order valence-electron chi connectivity index (χ4n) is 5.70. The van der Waals surface area contributed by atoms with Crippen molar-refractivity contribution in [3.63, 3.8) is 0 Å². The number of aromatic nitrogens is 2. The third-order valence-corrected chi connectivity index (χ3v) is 7.68. The fraction of sp³-hybridized carbons (Fsp3) is 0.517. The molecule has 0 radical (unpaired) electrons. The van der Waals surface area contributed by atoms with Gasteiger partial charge in [0, 0.05) is 39.3 Å². The van der Waals surface area contributed by atoms with E-state index in [0.717, 1.165) is 94.4 Å². The number of piperidine rings is 1. The molecule has 3 heterocycles. The van der Waals surface area contributed by atoms with Gasteiger partial charge in [0.05, 0.1) is 30.6 Å². The van der Waals surface area contributed by atoms with Gasteiger partial charge in [0.25, 0.3) is 0 Å². The van der Waals surface area contributed by atoms with Crippen LogP contribution in [0, 0.1) is 5.92 Å². The van der Waals surface area contributed by atoms with E-state index < -0.39 is 0 Å². The van der Waals surface area contributed by atoms with Crippen LogP contribution >= 0.6 is 0 Å². The number of carbonyl (C=O) groups excluding carboxylic acids is 1. The van der Waals surface area contributed by atoms with Crippen LogP contribution in [0.25, 0.3) is 11.0 Å². The normalized spacial score (nSPS) is 19.6. The molecule has 0 aliphatic carbocycles. The van der Waals surface area contributed by atoms with Crippen LogP contribution < -0.4 is 4.74 Å². The minimum Gasteiger partial charge on any atom is -0.497 e. The number of likely N-dealkylation sites (tertiary alicyclic amines) is 1. The van der Waals surface area contributed by atoms with E-state index in [4.69, 9.17) is 9.72 Å². The van der Waals surface area contributed by atoms with Gasteiger partial charge < -0.3 is 14.2 Å². The van der Waals surface area contributed by atoms with Crippen molar-refractivity contribution in [1.82, 2.24) is 24.3 Å². The SMILES string of the molecule is CCCN1CCN(C(=O)[C@H]2CCCN(Cc3nc4ccccc4n3Cc3ccc(OC)cc3)C2)CC1. The van der Waals surface area contributed by atoms with Crippen LogP contribution in [0.5, 0.6) is 5.75 Å². The Morgan fingerprint density at radius 2 is 1.75 bits per heavy atom. The highest BCUT2D eigenvalue weighted by Crippen LogP contribution is 2.24. The number of imidazole rings is 1. The zero-order valence-electron chi connectivity index (χ0n) is 21.7. The predicted molar refractivity (Wildman–Crippen MR) is 143 cm³/mol. The maximum atomic E-state index is 13.4. The molecule has 0 unspecified atom stereocenters. The second kappa shape index (κ2) is 11.4. The molecule has 192 valence electrons. The van der Waals surface area contributed by atoms with Crippen LogP contribution in [0.3, 0.4) is 0 Å². The number of ether oxygens (including phenoxy) is 1. The van der Waals surface area contributed by atoms with E-state index in [1.165, 1.54) is 12.0 Å². The quantitative estimate of drug-likeness (QED) is 0.481. The summed E-state index contributed by atoms with van der Waals surface area (Å²) >= 11 is 0. The molecule has 1 amide bonds. The van der Waals surface area contributed by atoms with Gasteiger partial charge in [0.1, 0.15) is 11.6 Å². The van der Waals surface area contributed by atoms with Gasteiger partial charge in [-0.3, -0.25) is 14.6 Å². The number of para-hydroxylation sites is 2. The van der Waals surface area contributed by atoms with Gasteiger partial charge in [0.2, 0.25) is 5.91 Å². The van der Waals surface area contributed by atoms with Gasteiger partial charge in [-0.2, -0.15) is 0 Å². The second-order valence-electron chi connectivity index (χ2n) is 10.2. The number of methoxy groups -OCH3 is 1. The number of amides is 1. The highest BCUT2D eigenvalue weighted by atomic mass is 16.5. The van der Waals surface area contributed by atoms with Gasteiger partial charge in [-0.1, -0.05) is 31.2 Å². The molecule has 1 aromatic heterocycles. The summed E-state index contributed by atoms with van der Waals surface area (Å²) in [5.74, 6) is 2.37. The molecule has 2 aromatic carbocycles. The van der Waals surface area contributed by atoms with Crippen molar-refractivity contribution in [1.29, 1.82) is 0 Å². The lowest BCUT2D eigenvalue weighted by atomic mass is 9.96. The summed E-state index contributed by atoms with van der Waals surface area (Å²) in [5, 5.41) is 0. The minimum absolute atomic E-state index is 0.0934. The Morgan fingerprint density at radius 1 is 0.972 bits per heavy atom. The molecule has 0 spiro atoms. The highest BCUT2D eigenvalue weighted by Gasteiger charge is 2.31. The molecular formula is C29H39N5O2. The maximum Gasteiger partial charge on any atom is 0.227 e. The first-order valence-corrected chi connectivity index (χ1v) is 13.4. The second-order valence-corrected chi connectivity index (χ2v) is 10.2. The summed E-state index contributed by atoms with van der Waals surface area (Å²) in [6, 6.07) is 16.6. The Hall–Kier alpha value is -2.90. The number of hydrogen-bond acceptors (Lipinski definition) is 5. The number of fused-ring (bicyclic) bond motifs is 1. The van der Waals surface area contributed by atoms with Gasteiger partial charge in [-0.05, 0) is 62.2 Å². The summed E-state index contributed by atoms with van der Waals surface area (Å²) in [6.07, 6.45) is 3.23. The maximum absolute atomic E-state index is 13.4. The zero-order valence-corrected chi connectivity index (χ0v) is 21.7. The molecule has 2 aliphatic rings. The lowest BCUT2D eigenvalue weighted by molar-refractivity contribution is -0.139. The van der Waals surface area contributed by atoms with Gasteiger partial charge in [0.15, 0.2) is 0 Å². The van der Waals surface area contributed by atoms with Crippen LogP contribution in [-0.4, -0.2) is 83.1 Å². The average Bonchev–Trinajstić information content (AvgIpc) is 3.26. The first kappa shape index (κ1) is 24.8. The lowest BCUT2D eigenvalue weighted by Gasteiger charge is -2.39. The van der Waals surface area contributed by atoms with Gasteiger partial charge in [-0.25, -0.2) is 4.98 Å². The Bertz CT molecular complexity index is 1150. The van der Waals surface area contributed by atoms with Crippen LogP contribution in [0.1, 0.15) is 37.6 Å². The summed E-state index contributed by atoms with van der Waals surface area (Å²) in [4.78, 5) is 25.4. The van der Waals surface area contributed by atoms with E-state index in [1.807, 2.05) is 18.2 Å². The van der Waals surface area contributed by atoms with Crippen molar-refractivity contribution >= 4 is 16.9 Å². The van der Waals surface area contributed by atoms with E-state index in [1.54, 1.807) is 7.11 Å². The third-order valence-electron chi connectivity index (χ3n) is 7.68. The molecule has 3 aromatic rings. The van der Waals surface area contributed by atoms with Crippen molar-refractivity contribution in [2.24, 2.45) is 5.92 Å². The molecule has 36 heavy (non-hydrogen) atoms. The number of benzene rings is 2. The molecule has 5 rings (SSSR count). The van der Waals surface area contributed by atoms with Crippen LogP contribution in [-0.2, 0) is 17.9 Å². The summed E-state index contributed by atoms with van der Waals surface area (Å²) in [6.45, 7) is 10.5. The highest BCUT2D eigenvalue weighted by molar-refractivity contribution is 5.79. The Balaban J connectivity index is 1.28. The van der Waals surface area contributed by atoms with E-state index >= 15 is 0 Å². The topological polar surface area (TPSA) is 53.8 Å². The molecule has 0 N–H and O–H groups in total. The zero-order chi connectivity index (χ0) is 24.9.